The van der Waals surface area contributed by atoms with Crippen LogP contribution in [-0.4, -0.2) is 19.7 Å². The van der Waals surface area contributed by atoms with E-state index < -0.39 is 4.92 Å². The predicted octanol–water partition coefficient (Wildman–Crippen LogP) is 1.03. The minimum absolute atomic E-state index is 0.0290. The van der Waals surface area contributed by atoms with Gasteiger partial charge in [-0.3, -0.25) is 10.1 Å². The van der Waals surface area contributed by atoms with E-state index in [2.05, 4.69) is 10.2 Å². The smallest absolute Gasteiger partial charge is 0.287 e. The molecular formula is C7H7N5O2S. The molecule has 2 aromatic rings. The zero-order valence-corrected chi connectivity index (χ0v) is 8.56. The molecule has 2 rings (SSSR count). The molecule has 78 valence electrons. The fraction of sp³-hybridized carbons (Fsp3) is 0.143. The molecule has 0 saturated heterocycles. The number of hydrogen-bond acceptors (Lipinski definition) is 6. The summed E-state index contributed by atoms with van der Waals surface area (Å²) in [6.45, 7) is 0. The summed E-state index contributed by atoms with van der Waals surface area (Å²) in [5.41, 5.74) is 6.10. The third-order valence-corrected chi connectivity index (χ3v) is 2.64. The summed E-state index contributed by atoms with van der Waals surface area (Å²) < 4.78 is 1.62. The molecule has 0 aromatic carbocycles. The van der Waals surface area contributed by atoms with Gasteiger partial charge in [0, 0.05) is 13.1 Å². The van der Waals surface area contributed by atoms with E-state index in [1.165, 1.54) is 23.6 Å². The number of rotatable bonds is 2. The van der Waals surface area contributed by atoms with Crippen molar-refractivity contribution in [1.82, 2.24) is 14.8 Å². The van der Waals surface area contributed by atoms with Crippen LogP contribution in [0.3, 0.4) is 0 Å². The second-order valence-corrected chi connectivity index (χ2v) is 3.91. The number of nitrogens with two attached hydrogens (primary N) is 1. The first-order chi connectivity index (χ1) is 7.08. The predicted molar refractivity (Wildman–Crippen MR) is 55.4 cm³/mol. The Balaban J connectivity index is 2.49. The number of anilines is 1. The van der Waals surface area contributed by atoms with Crippen LogP contribution in [0.15, 0.2) is 12.3 Å². The number of aromatic nitrogens is 3. The first-order valence-electron chi connectivity index (χ1n) is 3.98. The fourth-order valence-corrected chi connectivity index (χ4v) is 1.87. The van der Waals surface area contributed by atoms with Gasteiger partial charge in [0.15, 0.2) is 5.01 Å². The Kier molecular flexibility index (Phi) is 2.12. The van der Waals surface area contributed by atoms with Crippen molar-refractivity contribution in [2.45, 2.75) is 0 Å². The molecule has 0 aliphatic heterocycles. The van der Waals surface area contributed by atoms with E-state index >= 15 is 0 Å². The van der Waals surface area contributed by atoms with Crippen LogP contribution in [0.5, 0.6) is 0 Å². The van der Waals surface area contributed by atoms with Crippen molar-refractivity contribution < 1.29 is 4.92 Å². The third-order valence-electron chi connectivity index (χ3n) is 1.86. The Hall–Kier alpha value is -1.96. The van der Waals surface area contributed by atoms with Gasteiger partial charge in [0.05, 0.1) is 16.8 Å². The van der Waals surface area contributed by atoms with E-state index in [4.69, 9.17) is 5.73 Å². The van der Waals surface area contributed by atoms with E-state index in [1.54, 1.807) is 11.6 Å². The Labute approximate surface area is 88.3 Å². The van der Waals surface area contributed by atoms with Gasteiger partial charge in [-0.25, -0.2) is 0 Å². The van der Waals surface area contributed by atoms with Gasteiger partial charge in [0.25, 0.3) is 5.69 Å². The first-order valence-corrected chi connectivity index (χ1v) is 4.79. The van der Waals surface area contributed by atoms with Crippen molar-refractivity contribution in [3.63, 3.8) is 0 Å². The highest BCUT2D eigenvalue weighted by Crippen LogP contribution is 2.28. The van der Waals surface area contributed by atoms with Gasteiger partial charge < -0.3 is 10.3 Å². The summed E-state index contributed by atoms with van der Waals surface area (Å²) in [5, 5.41) is 18.9. The number of nitro groups is 1. The molecule has 2 aromatic heterocycles. The van der Waals surface area contributed by atoms with Crippen LogP contribution >= 0.6 is 11.3 Å². The summed E-state index contributed by atoms with van der Waals surface area (Å²) in [6, 6.07) is 1.44. The SMILES string of the molecule is Cn1cc([N+](=O)[O-])cc1-c1nnc(N)s1. The molecule has 0 unspecified atom stereocenters. The maximum Gasteiger partial charge on any atom is 0.287 e. The third kappa shape index (κ3) is 1.66. The first kappa shape index (κ1) is 9.59. The molecule has 0 spiro atoms. The molecule has 7 nitrogen and oxygen atoms in total. The highest BCUT2D eigenvalue weighted by atomic mass is 32.1. The topological polar surface area (TPSA) is 99.9 Å². The minimum Gasteiger partial charge on any atom is -0.374 e. The maximum absolute atomic E-state index is 10.5. The van der Waals surface area contributed by atoms with Crippen LogP contribution in [0, 0.1) is 10.1 Å². The lowest BCUT2D eigenvalue weighted by Gasteiger charge is -1.94. The lowest BCUT2D eigenvalue weighted by Crippen LogP contribution is -1.88. The molecule has 0 amide bonds. The Bertz CT molecular complexity index is 517. The van der Waals surface area contributed by atoms with Gasteiger partial charge in [0.1, 0.15) is 0 Å². The standard InChI is InChI=1S/C7H7N5O2S/c1-11-3-4(12(13)14)2-5(11)6-9-10-7(8)15-6/h2-3H,1H3,(H2,8,10). The normalized spacial score (nSPS) is 10.5. The monoisotopic (exact) mass is 225 g/mol. The summed E-state index contributed by atoms with van der Waals surface area (Å²) in [7, 11) is 1.71. The quantitative estimate of drug-likeness (QED) is 0.607. The summed E-state index contributed by atoms with van der Waals surface area (Å²) in [5.74, 6) is 0. The fourth-order valence-electron chi connectivity index (χ4n) is 1.20. The highest BCUT2D eigenvalue weighted by molar-refractivity contribution is 7.18. The molecule has 2 heterocycles. The van der Waals surface area contributed by atoms with Crippen LogP contribution in [0.4, 0.5) is 10.8 Å². The molecule has 0 atom stereocenters. The zero-order valence-electron chi connectivity index (χ0n) is 7.75. The van der Waals surface area contributed by atoms with Gasteiger partial charge in [0.2, 0.25) is 5.13 Å². The van der Waals surface area contributed by atoms with Crippen molar-refractivity contribution in [3.05, 3.63) is 22.4 Å². The summed E-state index contributed by atoms with van der Waals surface area (Å²) in [4.78, 5) is 10.1. The molecule has 0 radical (unpaired) electrons. The Morgan fingerprint density at radius 1 is 1.60 bits per heavy atom. The van der Waals surface area contributed by atoms with Crippen molar-refractivity contribution in [2.75, 3.05) is 5.73 Å². The molecule has 15 heavy (non-hydrogen) atoms. The number of aryl methyl sites for hydroxylation is 1. The minimum atomic E-state index is -0.451. The lowest BCUT2D eigenvalue weighted by molar-refractivity contribution is -0.384. The Morgan fingerprint density at radius 2 is 2.33 bits per heavy atom. The Morgan fingerprint density at radius 3 is 2.80 bits per heavy atom. The molecular weight excluding hydrogens is 218 g/mol. The van der Waals surface area contributed by atoms with E-state index in [0.29, 0.717) is 15.8 Å². The van der Waals surface area contributed by atoms with Gasteiger partial charge in [-0.1, -0.05) is 11.3 Å². The molecule has 2 N–H and O–H groups in total. The summed E-state index contributed by atoms with van der Waals surface area (Å²) in [6.07, 6.45) is 1.42. The maximum atomic E-state index is 10.5. The summed E-state index contributed by atoms with van der Waals surface area (Å²) >= 11 is 1.19. The number of nitrogen functional groups attached to an aromatic ring is 1. The molecule has 8 heteroatoms. The van der Waals surface area contributed by atoms with E-state index in [0.717, 1.165) is 0 Å². The highest BCUT2D eigenvalue weighted by Gasteiger charge is 2.15. The largest absolute Gasteiger partial charge is 0.374 e. The molecule has 0 bridgehead atoms. The zero-order chi connectivity index (χ0) is 11.0. The number of nitrogens with zero attached hydrogens (tertiary/aromatic N) is 4. The molecule has 0 saturated carbocycles. The molecule has 0 aliphatic rings. The lowest BCUT2D eigenvalue weighted by atomic mass is 10.4. The van der Waals surface area contributed by atoms with Crippen LogP contribution < -0.4 is 5.73 Å². The molecule has 0 aliphatic carbocycles. The van der Waals surface area contributed by atoms with Gasteiger partial charge in [-0.2, -0.15) is 0 Å². The van der Waals surface area contributed by atoms with Crippen LogP contribution in [0.25, 0.3) is 10.7 Å². The van der Waals surface area contributed by atoms with Crippen molar-refractivity contribution >= 4 is 22.2 Å². The van der Waals surface area contributed by atoms with Gasteiger partial charge in [-0.15, -0.1) is 10.2 Å². The van der Waals surface area contributed by atoms with Crippen LogP contribution in [0.1, 0.15) is 0 Å². The molecule has 0 fully saturated rings. The van der Waals surface area contributed by atoms with Gasteiger partial charge >= 0.3 is 0 Å². The average Bonchev–Trinajstić information content (AvgIpc) is 2.71. The number of hydrogen-bond donors (Lipinski definition) is 1. The average molecular weight is 225 g/mol. The van der Waals surface area contributed by atoms with E-state index in [1.807, 2.05) is 0 Å². The second-order valence-electron chi connectivity index (χ2n) is 2.90. The van der Waals surface area contributed by atoms with Crippen molar-refractivity contribution in [1.29, 1.82) is 0 Å². The second kappa shape index (κ2) is 3.31. The van der Waals surface area contributed by atoms with E-state index in [9.17, 15) is 10.1 Å². The van der Waals surface area contributed by atoms with Crippen LogP contribution in [-0.2, 0) is 7.05 Å². The van der Waals surface area contributed by atoms with Crippen molar-refractivity contribution in [2.24, 2.45) is 7.05 Å². The van der Waals surface area contributed by atoms with Crippen LogP contribution in [0.2, 0.25) is 0 Å². The van der Waals surface area contributed by atoms with Gasteiger partial charge in [-0.05, 0) is 0 Å². The van der Waals surface area contributed by atoms with E-state index in [-0.39, 0.29) is 5.69 Å². The van der Waals surface area contributed by atoms with Crippen molar-refractivity contribution in [3.8, 4) is 10.7 Å².